The molecule has 0 aliphatic rings. The smallest absolute Gasteiger partial charge is 0.407 e. The first-order valence-electron chi connectivity index (χ1n) is 7.70. The normalized spacial score (nSPS) is 14.0. The van der Waals surface area contributed by atoms with E-state index >= 15 is 0 Å². The molecule has 0 spiro atoms. The lowest BCUT2D eigenvalue weighted by Gasteiger charge is -2.21. The molecule has 0 bridgehead atoms. The van der Waals surface area contributed by atoms with Crippen molar-refractivity contribution in [2.45, 2.75) is 78.5 Å². The molecule has 4 N–H and O–H groups in total. The first-order valence-corrected chi connectivity index (χ1v) is 7.70. The molecule has 0 saturated carbocycles. The van der Waals surface area contributed by atoms with Gasteiger partial charge in [-0.15, -0.1) is 0 Å². The van der Waals surface area contributed by atoms with Crippen molar-refractivity contribution in [3.63, 3.8) is 0 Å². The Bertz CT molecular complexity index is 335. The standard InChI is InChI=1S/C15H32N4O2/c1-7-8-9-12(19-13(16)18-11(2)3)10-17-14(20)21-15(4,5)6/h11-12H,7-10H2,1-6H3,(H,17,20)(H3,16,18,19). The van der Waals surface area contributed by atoms with Gasteiger partial charge in [-0.05, 0) is 41.0 Å². The molecule has 0 fully saturated rings. The molecule has 6 nitrogen and oxygen atoms in total. The highest BCUT2D eigenvalue weighted by Crippen LogP contribution is 2.07. The van der Waals surface area contributed by atoms with Crippen molar-refractivity contribution in [2.75, 3.05) is 6.54 Å². The fourth-order valence-corrected chi connectivity index (χ4v) is 1.70. The van der Waals surface area contributed by atoms with Crippen LogP contribution in [0, 0.1) is 0 Å². The highest BCUT2D eigenvalue weighted by atomic mass is 16.6. The Hall–Kier alpha value is -1.46. The monoisotopic (exact) mass is 300 g/mol. The molecule has 0 heterocycles. The number of carbonyl (C=O) groups is 1. The number of carbonyl (C=O) groups excluding carboxylic acids is 1. The quantitative estimate of drug-likeness (QED) is 0.497. The molecule has 0 saturated heterocycles. The lowest BCUT2D eigenvalue weighted by molar-refractivity contribution is 0.0524. The van der Waals surface area contributed by atoms with Gasteiger partial charge >= 0.3 is 6.09 Å². The Balaban J connectivity index is 4.45. The second-order valence-corrected chi connectivity index (χ2v) is 6.49. The van der Waals surface area contributed by atoms with Crippen molar-refractivity contribution < 1.29 is 9.53 Å². The molecule has 1 unspecified atom stereocenters. The van der Waals surface area contributed by atoms with E-state index in [1.807, 2.05) is 34.6 Å². The summed E-state index contributed by atoms with van der Waals surface area (Å²) in [6.45, 7) is 12.1. The molecule has 1 atom stereocenters. The van der Waals surface area contributed by atoms with Gasteiger partial charge in [0.05, 0.1) is 6.04 Å². The first-order chi connectivity index (χ1) is 9.64. The van der Waals surface area contributed by atoms with Gasteiger partial charge in [-0.25, -0.2) is 9.79 Å². The van der Waals surface area contributed by atoms with Gasteiger partial charge in [0.25, 0.3) is 0 Å². The summed E-state index contributed by atoms with van der Waals surface area (Å²) in [6.07, 6.45) is 2.58. The van der Waals surface area contributed by atoms with Crippen molar-refractivity contribution in [3.8, 4) is 0 Å². The van der Waals surface area contributed by atoms with Gasteiger partial charge in [0.15, 0.2) is 5.96 Å². The average Bonchev–Trinajstić information content (AvgIpc) is 2.29. The summed E-state index contributed by atoms with van der Waals surface area (Å²) in [5.41, 5.74) is 5.35. The molecule has 0 aromatic rings. The van der Waals surface area contributed by atoms with E-state index in [4.69, 9.17) is 10.5 Å². The average molecular weight is 300 g/mol. The minimum absolute atomic E-state index is 0.0382. The van der Waals surface area contributed by atoms with Crippen molar-refractivity contribution in [1.29, 1.82) is 0 Å². The summed E-state index contributed by atoms with van der Waals surface area (Å²) < 4.78 is 5.22. The first kappa shape index (κ1) is 19.5. The maximum atomic E-state index is 11.7. The van der Waals surface area contributed by atoms with E-state index in [2.05, 4.69) is 22.5 Å². The minimum atomic E-state index is -0.496. The number of nitrogens with zero attached hydrogens (tertiary/aromatic N) is 1. The lowest BCUT2D eigenvalue weighted by Crippen LogP contribution is -2.40. The van der Waals surface area contributed by atoms with E-state index < -0.39 is 11.7 Å². The second-order valence-electron chi connectivity index (χ2n) is 6.49. The van der Waals surface area contributed by atoms with Crippen LogP contribution in [0.15, 0.2) is 4.99 Å². The van der Waals surface area contributed by atoms with E-state index in [0.29, 0.717) is 12.5 Å². The molecule has 124 valence electrons. The Morgan fingerprint density at radius 1 is 1.33 bits per heavy atom. The summed E-state index contributed by atoms with van der Waals surface area (Å²) in [6, 6.07) is 0.197. The van der Waals surface area contributed by atoms with Gasteiger partial charge in [0.2, 0.25) is 0 Å². The molecule has 0 aromatic heterocycles. The number of alkyl carbamates (subject to hydrolysis) is 1. The Labute approximate surface area is 128 Å². The van der Waals surface area contributed by atoms with Crippen LogP contribution in [-0.4, -0.2) is 36.3 Å². The number of hydrogen-bond donors (Lipinski definition) is 3. The van der Waals surface area contributed by atoms with Crippen LogP contribution in [0.1, 0.15) is 60.8 Å². The van der Waals surface area contributed by atoms with Crippen molar-refractivity contribution in [1.82, 2.24) is 10.6 Å². The summed E-state index contributed by atoms with van der Waals surface area (Å²) in [7, 11) is 0. The second kappa shape index (κ2) is 9.47. The number of ether oxygens (including phenoxy) is 1. The van der Waals surface area contributed by atoms with E-state index in [9.17, 15) is 4.79 Å². The third-order valence-corrected chi connectivity index (χ3v) is 2.53. The third-order valence-electron chi connectivity index (χ3n) is 2.53. The number of guanidine groups is 1. The number of amides is 1. The van der Waals surface area contributed by atoms with Crippen molar-refractivity contribution >= 4 is 12.1 Å². The predicted molar refractivity (Wildman–Crippen MR) is 87.4 cm³/mol. The van der Waals surface area contributed by atoms with E-state index in [1.54, 1.807) is 0 Å². The van der Waals surface area contributed by atoms with E-state index in [0.717, 1.165) is 19.3 Å². The SMILES string of the molecule is CCCCC(CNC(=O)OC(C)(C)C)N=C(N)NC(C)C. The largest absolute Gasteiger partial charge is 0.444 e. The molecular weight excluding hydrogens is 268 g/mol. The van der Waals surface area contributed by atoms with Crippen LogP contribution in [0.4, 0.5) is 4.79 Å². The van der Waals surface area contributed by atoms with E-state index in [1.165, 1.54) is 0 Å². The van der Waals surface area contributed by atoms with Gasteiger partial charge in [0, 0.05) is 12.6 Å². The predicted octanol–water partition coefficient (Wildman–Crippen LogP) is 2.38. The van der Waals surface area contributed by atoms with Gasteiger partial charge in [-0.1, -0.05) is 19.8 Å². The summed E-state index contributed by atoms with van der Waals surface area (Å²) in [5.74, 6) is 0.414. The zero-order valence-corrected chi connectivity index (χ0v) is 14.3. The fourth-order valence-electron chi connectivity index (χ4n) is 1.70. The van der Waals surface area contributed by atoms with Crippen LogP contribution in [0.3, 0.4) is 0 Å². The maximum absolute atomic E-state index is 11.7. The molecule has 0 rings (SSSR count). The highest BCUT2D eigenvalue weighted by molar-refractivity contribution is 5.78. The van der Waals surface area contributed by atoms with Crippen LogP contribution in [0.25, 0.3) is 0 Å². The zero-order valence-electron chi connectivity index (χ0n) is 14.3. The number of nitrogens with one attached hydrogen (secondary N) is 2. The summed E-state index contributed by atoms with van der Waals surface area (Å²) in [5, 5.41) is 5.81. The number of hydrogen-bond acceptors (Lipinski definition) is 3. The lowest BCUT2D eigenvalue weighted by atomic mass is 10.1. The molecule has 0 aliphatic carbocycles. The molecule has 0 aromatic carbocycles. The van der Waals surface area contributed by atoms with Crippen LogP contribution in [-0.2, 0) is 4.74 Å². The van der Waals surface area contributed by atoms with Gasteiger partial charge in [-0.2, -0.15) is 0 Å². The molecular formula is C15H32N4O2. The summed E-state index contributed by atoms with van der Waals surface area (Å²) in [4.78, 5) is 16.1. The molecule has 21 heavy (non-hydrogen) atoms. The Kier molecular flexibility index (Phi) is 8.81. The van der Waals surface area contributed by atoms with Gasteiger partial charge in [-0.3, -0.25) is 0 Å². The Morgan fingerprint density at radius 3 is 2.43 bits per heavy atom. The van der Waals surface area contributed by atoms with Crippen LogP contribution in [0.2, 0.25) is 0 Å². The van der Waals surface area contributed by atoms with E-state index in [-0.39, 0.29) is 12.1 Å². The molecule has 1 amide bonds. The van der Waals surface area contributed by atoms with Crippen molar-refractivity contribution in [2.24, 2.45) is 10.7 Å². The van der Waals surface area contributed by atoms with Gasteiger partial charge in [0.1, 0.15) is 5.60 Å². The number of nitrogens with two attached hydrogens (primary N) is 1. The summed E-state index contributed by atoms with van der Waals surface area (Å²) >= 11 is 0. The van der Waals surface area contributed by atoms with Crippen LogP contribution >= 0.6 is 0 Å². The third kappa shape index (κ3) is 12.0. The van der Waals surface area contributed by atoms with Crippen molar-refractivity contribution in [3.05, 3.63) is 0 Å². The fraction of sp³-hybridized carbons (Fsp3) is 0.867. The number of aliphatic imine (C=N–C) groups is 1. The Morgan fingerprint density at radius 2 is 1.95 bits per heavy atom. The van der Waals surface area contributed by atoms with Gasteiger partial charge < -0.3 is 21.1 Å². The number of rotatable bonds is 7. The number of unbranched alkanes of at least 4 members (excludes halogenated alkanes) is 1. The van der Waals surface area contributed by atoms with Crippen LogP contribution in [0.5, 0.6) is 0 Å². The molecule has 0 aliphatic heterocycles. The van der Waals surface area contributed by atoms with Crippen LogP contribution < -0.4 is 16.4 Å². The molecule has 0 radical (unpaired) electrons. The zero-order chi connectivity index (χ0) is 16.5. The molecule has 6 heteroatoms. The topological polar surface area (TPSA) is 88.7 Å². The highest BCUT2D eigenvalue weighted by Gasteiger charge is 2.17. The minimum Gasteiger partial charge on any atom is -0.444 e. The maximum Gasteiger partial charge on any atom is 0.407 e.